The van der Waals surface area contributed by atoms with Gasteiger partial charge in [-0.2, -0.15) is 0 Å². The normalized spacial score (nSPS) is 16.8. The molecule has 198 valence electrons. The van der Waals surface area contributed by atoms with Crippen LogP contribution < -0.4 is 14.8 Å². The van der Waals surface area contributed by atoms with Crippen LogP contribution in [0.2, 0.25) is 0 Å². The first-order chi connectivity index (χ1) is 18.1. The number of nitrogens with zero attached hydrogens (tertiary/aromatic N) is 3. The third-order valence-corrected chi connectivity index (χ3v) is 6.49. The molecule has 0 saturated carbocycles. The highest BCUT2D eigenvalue weighted by Gasteiger charge is 2.30. The Morgan fingerprint density at radius 3 is 2.34 bits per heavy atom. The Hall–Kier alpha value is -4.83. The number of ether oxygens (including phenoxy) is 3. The molecule has 1 aromatic heterocycles. The number of nitrogens with one attached hydrogen (secondary N) is 2. The predicted molar refractivity (Wildman–Crippen MR) is 127 cm³/mol. The number of anilines is 2. The zero-order chi connectivity index (χ0) is 27.3. The van der Waals surface area contributed by atoms with Crippen molar-refractivity contribution < 1.29 is 42.2 Å². The summed E-state index contributed by atoms with van der Waals surface area (Å²) in [4.78, 5) is 40.9. The van der Waals surface area contributed by atoms with Crippen molar-refractivity contribution >= 4 is 39.6 Å². The van der Waals surface area contributed by atoms with E-state index >= 15 is 0 Å². The molecule has 16 heteroatoms. The molecule has 0 radical (unpaired) electrons. The van der Waals surface area contributed by atoms with E-state index in [1.165, 1.54) is 65.6 Å². The van der Waals surface area contributed by atoms with Crippen LogP contribution in [0.4, 0.5) is 26.9 Å². The molecule has 3 N–H and O–H groups in total. The zero-order valence-electron chi connectivity index (χ0n) is 19.2. The largest absolute Gasteiger partial charge is 0.514 e. The highest BCUT2D eigenvalue weighted by atomic mass is 32.2. The fraction of sp³-hybridized carbons (Fsp3) is 0.182. The first-order valence-corrected chi connectivity index (χ1v) is 12.3. The van der Waals surface area contributed by atoms with Gasteiger partial charge in [-0.15, -0.1) is 0 Å². The number of amides is 1. The van der Waals surface area contributed by atoms with E-state index in [4.69, 9.17) is 19.3 Å². The predicted octanol–water partition coefficient (Wildman–Crippen LogP) is 3.13. The van der Waals surface area contributed by atoms with Gasteiger partial charge in [0.1, 0.15) is 11.9 Å². The molecule has 0 aliphatic carbocycles. The third-order valence-electron chi connectivity index (χ3n) is 5.16. The maximum atomic E-state index is 12.0. The summed E-state index contributed by atoms with van der Waals surface area (Å²) >= 11 is 0. The molecule has 2 atom stereocenters. The van der Waals surface area contributed by atoms with Crippen molar-refractivity contribution in [3.05, 3.63) is 76.6 Å². The first-order valence-electron chi connectivity index (χ1n) is 10.8. The van der Waals surface area contributed by atoms with E-state index in [9.17, 15) is 28.1 Å². The quantitative estimate of drug-likeness (QED) is 0.161. The molecule has 2 unspecified atom stereocenters. The summed E-state index contributed by atoms with van der Waals surface area (Å²) in [5, 5.41) is 22.2. The number of sulfonamides is 1. The second-order valence-electron chi connectivity index (χ2n) is 7.80. The summed E-state index contributed by atoms with van der Waals surface area (Å²) in [5.41, 5.74) is 0.954. The van der Waals surface area contributed by atoms with Crippen LogP contribution in [0.5, 0.6) is 5.75 Å². The van der Waals surface area contributed by atoms with Crippen LogP contribution in [0.3, 0.4) is 0 Å². The van der Waals surface area contributed by atoms with E-state index in [1.54, 1.807) is 0 Å². The molecular formula is C22H19N5O10S. The van der Waals surface area contributed by atoms with E-state index in [0.29, 0.717) is 17.7 Å². The number of carboxylic acid groups (broad SMARTS) is 1. The number of carbonyl (C=O) groups excluding carboxylic acids is 1. The van der Waals surface area contributed by atoms with E-state index in [1.807, 2.05) is 0 Å². The van der Waals surface area contributed by atoms with Crippen molar-refractivity contribution in [2.45, 2.75) is 23.5 Å². The third kappa shape index (κ3) is 6.68. The summed E-state index contributed by atoms with van der Waals surface area (Å²) in [6.07, 6.45) is -0.318. The van der Waals surface area contributed by atoms with Gasteiger partial charge in [0.05, 0.1) is 22.5 Å². The second-order valence-corrected chi connectivity index (χ2v) is 9.48. The average Bonchev–Trinajstić information content (AvgIpc) is 3.32. The number of benzene rings is 2. The summed E-state index contributed by atoms with van der Waals surface area (Å²) in [7, 11) is -4.18. The standard InChI is InChI=1S/C22H19N5O10S/c28-21(29)26-38(33,34)18-7-1-14(2-8-18)25-20-23-10-13(11-24-20)19-9-17(12-35-19)37-22(30)36-16-5-3-15(4-6-16)27(31)32/h1-8,10-11,17,19,26H,9,12H2,(H,28,29)(H,23,24,25). The summed E-state index contributed by atoms with van der Waals surface area (Å²) in [6, 6.07) is 10.3. The highest BCUT2D eigenvalue weighted by molar-refractivity contribution is 7.90. The van der Waals surface area contributed by atoms with Crippen molar-refractivity contribution in [1.29, 1.82) is 0 Å². The molecule has 1 amide bonds. The minimum absolute atomic E-state index is 0.0979. The minimum Gasteiger partial charge on any atom is -0.464 e. The van der Waals surface area contributed by atoms with Crippen molar-refractivity contribution in [2.75, 3.05) is 11.9 Å². The molecule has 2 aromatic carbocycles. The van der Waals surface area contributed by atoms with Crippen LogP contribution in [0.1, 0.15) is 18.1 Å². The molecule has 2 heterocycles. The Kier molecular flexibility index (Phi) is 7.63. The maximum Gasteiger partial charge on any atom is 0.514 e. The molecule has 0 bridgehead atoms. The van der Waals surface area contributed by atoms with E-state index in [2.05, 4.69) is 15.3 Å². The van der Waals surface area contributed by atoms with Crippen molar-refractivity contribution in [3.63, 3.8) is 0 Å². The van der Waals surface area contributed by atoms with Gasteiger partial charge in [0, 0.05) is 42.2 Å². The Morgan fingerprint density at radius 2 is 1.74 bits per heavy atom. The van der Waals surface area contributed by atoms with Crippen LogP contribution in [-0.4, -0.2) is 53.4 Å². The van der Waals surface area contributed by atoms with Gasteiger partial charge in [0.2, 0.25) is 5.95 Å². The lowest BCUT2D eigenvalue weighted by Crippen LogP contribution is -2.28. The molecule has 15 nitrogen and oxygen atoms in total. The lowest BCUT2D eigenvalue weighted by atomic mass is 10.1. The highest BCUT2D eigenvalue weighted by Crippen LogP contribution is 2.30. The van der Waals surface area contributed by atoms with Gasteiger partial charge in [-0.3, -0.25) is 10.1 Å². The van der Waals surface area contributed by atoms with Gasteiger partial charge in [0.25, 0.3) is 15.7 Å². The van der Waals surface area contributed by atoms with Gasteiger partial charge in [-0.25, -0.2) is 32.7 Å². The smallest absolute Gasteiger partial charge is 0.464 e. The van der Waals surface area contributed by atoms with Gasteiger partial charge < -0.3 is 24.6 Å². The number of non-ortho nitro benzene ring substituents is 1. The van der Waals surface area contributed by atoms with Crippen molar-refractivity contribution in [2.24, 2.45) is 0 Å². The van der Waals surface area contributed by atoms with Crippen LogP contribution in [-0.2, 0) is 19.5 Å². The average molecular weight is 545 g/mol. The summed E-state index contributed by atoms with van der Waals surface area (Å²) < 4.78 is 41.1. The number of carbonyl (C=O) groups is 2. The van der Waals surface area contributed by atoms with Gasteiger partial charge in [0.15, 0.2) is 0 Å². The molecule has 38 heavy (non-hydrogen) atoms. The fourth-order valence-corrected chi connectivity index (χ4v) is 4.24. The van der Waals surface area contributed by atoms with E-state index < -0.39 is 39.4 Å². The number of rotatable bonds is 8. The molecular weight excluding hydrogens is 526 g/mol. The second kappa shape index (κ2) is 11.1. The molecule has 1 aliphatic heterocycles. The van der Waals surface area contributed by atoms with E-state index in [0.717, 1.165) is 0 Å². The van der Waals surface area contributed by atoms with Crippen molar-refractivity contribution in [3.8, 4) is 5.75 Å². The zero-order valence-corrected chi connectivity index (χ0v) is 20.0. The Bertz CT molecular complexity index is 1430. The minimum atomic E-state index is -4.18. The van der Waals surface area contributed by atoms with E-state index in [-0.39, 0.29) is 28.9 Å². The van der Waals surface area contributed by atoms with Gasteiger partial charge >= 0.3 is 12.2 Å². The fourth-order valence-electron chi connectivity index (χ4n) is 3.39. The lowest BCUT2D eigenvalue weighted by molar-refractivity contribution is -0.384. The monoisotopic (exact) mass is 545 g/mol. The van der Waals surface area contributed by atoms with Crippen molar-refractivity contribution in [1.82, 2.24) is 14.7 Å². The molecule has 3 aromatic rings. The Labute approximate surface area is 214 Å². The van der Waals surface area contributed by atoms with Gasteiger partial charge in [-0.05, 0) is 36.4 Å². The van der Waals surface area contributed by atoms with Crippen LogP contribution in [0, 0.1) is 10.1 Å². The SMILES string of the molecule is O=C(O)NS(=O)(=O)c1ccc(Nc2ncc(C3CC(OC(=O)Oc4ccc([N+](=O)[O-])cc4)CO3)cn2)cc1. The van der Waals surface area contributed by atoms with Crippen LogP contribution >= 0.6 is 0 Å². The Balaban J connectivity index is 1.28. The number of nitro groups is 1. The summed E-state index contributed by atoms with van der Waals surface area (Å²) in [5.74, 6) is 0.311. The van der Waals surface area contributed by atoms with Crippen LogP contribution in [0.15, 0.2) is 65.8 Å². The number of hydrogen-bond acceptors (Lipinski definition) is 12. The molecule has 1 saturated heterocycles. The molecule has 4 rings (SSSR count). The summed E-state index contributed by atoms with van der Waals surface area (Å²) in [6.45, 7) is 0.117. The maximum absolute atomic E-state index is 12.0. The van der Waals surface area contributed by atoms with Crippen LogP contribution in [0.25, 0.3) is 0 Å². The topological polar surface area (TPSA) is 209 Å². The number of nitro benzene ring substituents is 1. The number of aromatic nitrogens is 2. The lowest BCUT2D eigenvalue weighted by Gasteiger charge is -2.11. The number of hydrogen-bond donors (Lipinski definition) is 3. The molecule has 1 fully saturated rings. The van der Waals surface area contributed by atoms with Gasteiger partial charge in [-0.1, -0.05) is 0 Å². The molecule has 0 spiro atoms. The first kappa shape index (κ1) is 26.2. The Morgan fingerprint density at radius 1 is 1.08 bits per heavy atom. The molecule has 1 aliphatic rings.